The molecule has 2 aromatic carbocycles. The Labute approximate surface area is 158 Å². The summed E-state index contributed by atoms with van der Waals surface area (Å²) in [6.45, 7) is 1.90. The molecule has 1 aromatic heterocycles. The number of anilines is 2. The Kier molecular flexibility index (Phi) is 4.96. The first-order valence-corrected chi connectivity index (χ1v) is 9.32. The van der Waals surface area contributed by atoms with Gasteiger partial charge in [0.2, 0.25) is 0 Å². The van der Waals surface area contributed by atoms with Gasteiger partial charge in [0.25, 0.3) is 0 Å². The summed E-state index contributed by atoms with van der Waals surface area (Å²) in [6.07, 6.45) is 4.38. The number of para-hydroxylation sites is 1. The third-order valence-corrected chi connectivity index (χ3v) is 5.13. The molecule has 1 fully saturated rings. The zero-order chi connectivity index (χ0) is 18.6. The average molecular weight is 364 g/mol. The van der Waals surface area contributed by atoms with Gasteiger partial charge >= 0.3 is 5.97 Å². The number of carbonyl (C=O) groups is 1. The van der Waals surface area contributed by atoms with E-state index >= 15 is 0 Å². The van der Waals surface area contributed by atoms with Crippen LogP contribution >= 0.6 is 0 Å². The summed E-state index contributed by atoms with van der Waals surface area (Å²) in [6, 6.07) is 14.7. The molecule has 27 heavy (non-hydrogen) atoms. The number of hydrogen-bond acceptors (Lipinski definition) is 5. The SMILES string of the molecule is COC(=O)Cc1ccccc1N1CCCC(Nc2ccc3[nH]ncc3c2)C1. The predicted molar refractivity (Wildman–Crippen MR) is 107 cm³/mol. The smallest absolute Gasteiger partial charge is 0.310 e. The molecule has 140 valence electrons. The van der Waals surface area contributed by atoms with Gasteiger partial charge in [0.1, 0.15) is 0 Å². The van der Waals surface area contributed by atoms with Crippen molar-refractivity contribution < 1.29 is 9.53 Å². The number of benzene rings is 2. The standard InChI is InChI=1S/C21H24N4O2/c1-27-21(26)12-15-5-2-3-7-20(15)25-10-4-6-18(14-25)23-17-8-9-19-16(11-17)13-22-24-19/h2-3,5,7-9,11,13,18,23H,4,6,10,12,14H2,1H3,(H,22,24). The lowest BCUT2D eigenvalue weighted by Gasteiger charge is -2.36. The van der Waals surface area contributed by atoms with Gasteiger partial charge in [0.05, 0.1) is 25.2 Å². The fourth-order valence-corrected chi connectivity index (χ4v) is 3.78. The van der Waals surface area contributed by atoms with Gasteiger partial charge in [-0.1, -0.05) is 18.2 Å². The molecule has 0 bridgehead atoms. The Hall–Kier alpha value is -3.02. The van der Waals surface area contributed by atoms with Crippen molar-refractivity contribution in [1.82, 2.24) is 10.2 Å². The van der Waals surface area contributed by atoms with E-state index in [9.17, 15) is 4.79 Å². The molecule has 1 unspecified atom stereocenters. The van der Waals surface area contributed by atoms with Crippen molar-refractivity contribution in [2.75, 3.05) is 30.4 Å². The largest absolute Gasteiger partial charge is 0.469 e. The van der Waals surface area contributed by atoms with Crippen molar-refractivity contribution in [2.24, 2.45) is 0 Å². The van der Waals surface area contributed by atoms with E-state index in [2.05, 4.69) is 44.7 Å². The topological polar surface area (TPSA) is 70.2 Å². The number of fused-ring (bicyclic) bond motifs is 1. The van der Waals surface area contributed by atoms with Crippen molar-refractivity contribution in [2.45, 2.75) is 25.3 Å². The minimum atomic E-state index is -0.206. The summed E-state index contributed by atoms with van der Waals surface area (Å²) in [4.78, 5) is 14.1. The van der Waals surface area contributed by atoms with Crippen LogP contribution in [0.1, 0.15) is 18.4 Å². The predicted octanol–water partition coefficient (Wildman–Crippen LogP) is 3.36. The molecule has 6 heteroatoms. The average Bonchev–Trinajstić information content (AvgIpc) is 3.16. The van der Waals surface area contributed by atoms with Gasteiger partial charge in [-0.25, -0.2) is 0 Å². The summed E-state index contributed by atoms with van der Waals surface area (Å²) >= 11 is 0. The first-order chi connectivity index (χ1) is 13.2. The van der Waals surface area contributed by atoms with Crippen molar-refractivity contribution >= 4 is 28.2 Å². The Morgan fingerprint density at radius 1 is 1.33 bits per heavy atom. The number of methoxy groups -OCH3 is 1. The summed E-state index contributed by atoms with van der Waals surface area (Å²) < 4.78 is 4.85. The minimum absolute atomic E-state index is 0.206. The Balaban J connectivity index is 1.49. The monoisotopic (exact) mass is 364 g/mol. The zero-order valence-electron chi connectivity index (χ0n) is 15.4. The summed E-state index contributed by atoms with van der Waals surface area (Å²) in [5.41, 5.74) is 4.30. The fourth-order valence-electron chi connectivity index (χ4n) is 3.78. The van der Waals surface area contributed by atoms with Crippen LogP contribution in [0.3, 0.4) is 0 Å². The molecule has 0 spiro atoms. The van der Waals surface area contributed by atoms with E-state index in [1.165, 1.54) is 7.11 Å². The Morgan fingerprint density at radius 3 is 3.11 bits per heavy atom. The first kappa shape index (κ1) is 17.4. The molecule has 0 amide bonds. The maximum absolute atomic E-state index is 11.7. The van der Waals surface area contributed by atoms with Crippen molar-refractivity contribution in [3.05, 3.63) is 54.2 Å². The zero-order valence-corrected chi connectivity index (χ0v) is 15.4. The second-order valence-corrected chi connectivity index (χ2v) is 6.98. The molecule has 1 atom stereocenters. The van der Waals surface area contributed by atoms with E-state index in [0.717, 1.165) is 53.8 Å². The molecule has 1 saturated heterocycles. The van der Waals surface area contributed by atoms with Crippen LogP contribution in [0, 0.1) is 0 Å². The van der Waals surface area contributed by atoms with Gasteiger partial charge in [-0.05, 0) is 42.7 Å². The number of aromatic nitrogens is 2. The van der Waals surface area contributed by atoms with Crippen molar-refractivity contribution in [3.63, 3.8) is 0 Å². The molecule has 1 aliphatic rings. The lowest BCUT2D eigenvalue weighted by molar-refractivity contribution is -0.139. The quantitative estimate of drug-likeness (QED) is 0.680. The molecular formula is C21H24N4O2. The number of esters is 1. The van der Waals surface area contributed by atoms with Crippen LogP contribution < -0.4 is 10.2 Å². The number of nitrogens with zero attached hydrogens (tertiary/aromatic N) is 2. The van der Waals surface area contributed by atoms with Gasteiger partial charge in [0, 0.05) is 35.9 Å². The first-order valence-electron chi connectivity index (χ1n) is 9.32. The number of piperidine rings is 1. The molecule has 4 rings (SSSR count). The highest BCUT2D eigenvalue weighted by Crippen LogP contribution is 2.26. The van der Waals surface area contributed by atoms with Crippen molar-refractivity contribution in [1.29, 1.82) is 0 Å². The number of carbonyl (C=O) groups excluding carboxylic acids is 1. The van der Waals surface area contributed by atoms with Crippen LogP contribution in [-0.2, 0) is 16.0 Å². The third-order valence-electron chi connectivity index (χ3n) is 5.13. The van der Waals surface area contributed by atoms with Crippen LogP contribution in [0.5, 0.6) is 0 Å². The van der Waals surface area contributed by atoms with E-state index in [1.807, 2.05) is 24.4 Å². The van der Waals surface area contributed by atoms with Crippen LogP contribution in [0.15, 0.2) is 48.7 Å². The highest BCUT2D eigenvalue weighted by molar-refractivity contribution is 5.81. The molecule has 0 aliphatic carbocycles. The number of hydrogen-bond donors (Lipinski definition) is 2. The number of rotatable bonds is 5. The molecule has 0 radical (unpaired) electrons. The summed E-state index contributed by atoms with van der Waals surface area (Å²) in [7, 11) is 1.43. The van der Waals surface area contributed by atoms with E-state index in [0.29, 0.717) is 12.5 Å². The van der Waals surface area contributed by atoms with Gasteiger partial charge in [0.15, 0.2) is 0 Å². The third kappa shape index (κ3) is 3.89. The van der Waals surface area contributed by atoms with Crippen molar-refractivity contribution in [3.8, 4) is 0 Å². The Bertz CT molecular complexity index is 937. The second kappa shape index (κ2) is 7.70. The maximum Gasteiger partial charge on any atom is 0.310 e. The van der Waals surface area contributed by atoms with E-state index in [4.69, 9.17) is 4.74 Å². The van der Waals surface area contributed by atoms with Crippen LogP contribution in [0.25, 0.3) is 10.9 Å². The molecule has 2 N–H and O–H groups in total. The molecule has 1 aliphatic heterocycles. The number of aromatic amines is 1. The van der Waals surface area contributed by atoms with Gasteiger partial charge in [-0.15, -0.1) is 0 Å². The second-order valence-electron chi connectivity index (χ2n) is 6.98. The highest BCUT2D eigenvalue weighted by Gasteiger charge is 2.22. The highest BCUT2D eigenvalue weighted by atomic mass is 16.5. The van der Waals surface area contributed by atoms with E-state index in [-0.39, 0.29) is 5.97 Å². The molecule has 2 heterocycles. The van der Waals surface area contributed by atoms with Gasteiger partial charge in [-0.3, -0.25) is 9.89 Å². The molecule has 3 aromatic rings. The molecular weight excluding hydrogens is 340 g/mol. The van der Waals surface area contributed by atoms with E-state index in [1.54, 1.807) is 0 Å². The maximum atomic E-state index is 11.7. The van der Waals surface area contributed by atoms with E-state index < -0.39 is 0 Å². The lowest BCUT2D eigenvalue weighted by Crippen LogP contribution is -2.42. The van der Waals surface area contributed by atoms with Crippen LogP contribution in [-0.4, -0.2) is 42.4 Å². The summed E-state index contributed by atoms with van der Waals surface area (Å²) in [5.74, 6) is -0.206. The van der Waals surface area contributed by atoms with Gasteiger partial charge < -0.3 is 15.0 Å². The lowest BCUT2D eigenvalue weighted by atomic mass is 10.0. The van der Waals surface area contributed by atoms with Crippen LogP contribution in [0.2, 0.25) is 0 Å². The number of H-pyrrole nitrogens is 1. The number of ether oxygens (including phenoxy) is 1. The number of nitrogens with one attached hydrogen (secondary N) is 2. The minimum Gasteiger partial charge on any atom is -0.469 e. The Morgan fingerprint density at radius 2 is 2.22 bits per heavy atom. The van der Waals surface area contributed by atoms with Gasteiger partial charge in [-0.2, -0.15) is 5.10 Å². The van der Waals surface area contributed by atoms with Crippen LogP contribution in [0.4, 0.5) is 11.4 Å². The normalized spacial score (nSPS) is 17.1. The molecule has 6 nitrogen and oxygen atoms in total. The summed E-state index contributed by atoms with van der Waals surface area (Å²) in [5, 5.41) is 11.8. The molecule has 0 saturated carbocycles. The fraction of sp³-hybridized carbons (Fsp3) is 0.333.